The number of unbranched alkanes of at least 4 members (excludes halogenated alkanes) is 2. The average Bonchev–Trinajstić information content (AvgIpc) is 3.35. The zero-order valence-corrected chi connectivity index (χ0v) is 24.7. The van der Waals surface area contributed by atoms with Gasteiger partial charge in [-0.15, -0.1) is 35.5 Å². The largest absolute Gasteiger partial charge is 0.453 e. The monoisotopic (exact) mass is 605 g/mol. The molecule has 2 amide bonds. The third-order valence-electron chi connectivity index (χ3n) is 5.67. The van der Waals surface area contributed by atoms with Gasteiger partial charge in [-0.2, -0.15) is 0 Å². The second-order valence-corrected chi connectivity index (χ2v) is 10.6. The molecule has 15 heteroatoms. The van der Waals surface area contributed by atoms with Gasteiger partial charge in [0.15, 0.2) is 10.8 Å². The van der Waals surface area contributed by atoms with Crippen LogP contribution >= 0.6 is 35.5 Å². The summed E-state index contributed by atoms with van der Waals surface area (Å²) in [6.45, 7) is 5.68. The predicted octanol–water partition coefficient (Wildman–Crippen LogP) is 2.33. The van der Waals surface area contributed by atoms with Gasteiger partial charge < -0.3 is 30.1 Å². The standard InChI is InChI=1S/C24H35N5O7S2.ClH/c1-4-6-9-34-12-15(13-35-10-7-5-2)36-23(32)17-8-11-37-22-19(21(31)29(17)22)27-20(30)18(28-33-3)16-14-38-24(25)26-16;/h8,14-15,19,22H,4-7,9-13H2,1-3H3,(H2,25,26)(H,27,30);1H/t19?,22-;/m0./s1. The Bertz CT molecular complexity index is 1030. The first-order chi connectivity index (χ1) is 18.4. The molecule has 3 N–H and O–H groups in total. The van der Waals surface area contributed by atoms with Crippen LogP contribution in [0.15, 0.2) is 22.3 Å². The number of oxime groups is 1. The number of nitrogens with one attached hydrogen (secondary N) is 1. The van der Waals surface area contributed by atoms with Gasteiger partial charge in [-0.25, -0.2) is 9.78 Å². The van der Waals surface area contributed by atoms with Crippen molar-refractivity contribution >= 4 is 64.1 Å². The molecule has 0 spiro atoms. The lowest BCUT2D eigenvalue weighted by atomic mass is 10.0. The second kappa shape index (κ2) is 16.7. The van der Waals surface area contributed by atoms with Crippen molar-refractivity contribution in [3.8, 4) is 0 Å². The molecule has 0 bridgehead atoms. The van der Waals surface area contributed by atoms with E-state index in [4.69, 9.17) is 24.8 Å². The Morgan fingerprint density at radius 3 is 2.46 bits per heavy atom. The normalized spacial score (nSPS) is 18.6. The SMILES string of the molecule is CCCCOCC(COCCCC)OC(=O)C1=CCS[C@H]2C(NC(=O)C(=NOC)c3csc(N)n3)C(=O)N12.Cl. The molecule has 39 heavy (non-hydrogen) atoms. The number of aromatic nitrogens is 1. The number of hydrogen-bond donors (Lipinski definition) is 2. The number of amides is 2. The zero-order chi connectivity index (χ0) is 27.5. The molecular formula is C24H36ClN5O7S2. The van der Waals surface area contributed by atoms with Gasteiger partial charge in [0.25, 0.3) is 11.8 Å². The van der Waals surface area contributed by atoms with Crippen molar-refractivity contribution in [2.24, 2.45) is 5.16 Å². The van der Waals surface area contributed by atoms with Gasteiger partial charge in [-0.3, -0.25) is 14.5 Å². The number of halogens is 1. The summed E-state index contributed by atoms with van der Waals surface area (Å²) in [7, 11) is 1.30. The Hall–Kier alpha value is -2.39. The smallest absolute Gasteiger partial charge is 0.355 e. The summed E-state index contributed by atoms with van der Waals surface area (Å²) < 4.78 is 17.0. The van der Waals surface area contributed by atoms with E-state index in [1.807, 2.05) is 0 Å². The predicted molar refractivity (Wildman–Crippen MR) is 152 cm³/mol. The summed E-state index contributed by atoms with van der Waals surface area (Å²) in [4.78, 5) is 49.2. The average molecular weight is 606 g/mol. The Kier molecular flexibility index (Phi) is 14.0. The maximum absolute atomic E-state index is 13.1. The number of esters is 1. The van der Waals surface area contributed by atoms with E-state index in [0.717, 1.165) is 37.0 Å². The number of rotatable bonds is 16. The fourth-order valence-electron chi connectivity index (χ4n) is 3.68. The summed E-state index contributed by atoms with van der Waals surface area (Å²) in [6.07, 6.45) is 4.86. The summed E-state index contributed by atoms with van der Waals surface area (Å²) in [5.41, 5.74) is 5.96. The minimum Gasteiger partial charge on any atom is -0.453 e. The van der Waals surface area contributed by atoms with Crippen LogP contribution in [0.4, 0.5) is 5.13 Å². The van der Waals surface area contributed by atoms with E-state index in [-0.39, 0.29) is 47.9 Å². The number of β-lactam (4-membered cyclic amide) rings is 1. The summed E-state index contributed by atoms with van der Waals surface area (Å²) in [5, 5.41) is 7.80. The summed E-state index contributed by atoms with van der Waals surface area (Å²) in [5.74, 6) is -1.22. The lowest BCUT2D eigenvalue weighted by Crippen LogP contribution is -2.70. The molecule has 3 heterocycles. The topological polar surface area (TPSA) is 155 Å². The van der Waals surface area contributed by atoms with Crippen molar-refractivity contribution in [1.29, 1.82) is 0 Å². The molecule has 0 aliphatic carbocycles. The minimum absolute atomic E-state index is 0. The van der Waals surface area contributed by atoms with Gasteiger partial charge in [0.2, 0.25) is 0 Å². The van der Waals surface area contributed by atoms with Gasteiger partial charge in [-0.1, -0.05) is 31.8 Å². The van der Waals surface area contributed by atoms with Crippen LogP contribution in [0.2, 0.25) is 0 Å². The van der Waals surface area contributed by atoms with Crippen molar-refractivity contribution in [3.63, 3.8) is 0 Å². The molecule has 2 atom stereocenters. The van der Waals surface area contributed by atoms with E-state index in [2.05, 4.69) is 29.3 Å². The highest BCUT2D eigenvalue weighted by Crippen LogP contribution is 2.38. The van der Waals surface area contributed by atoms with Gasteiger partial charge in [-0.05, 0) is 18.9 Å². The number of ether oxygens (including phenoxy) is 3. The fourth-order valence-corrected chi connectivity index (χ4v) is 5.42. The number of anilines is 1. The number of nitrogens with zero attached hydrogens (tertiary/aromatic N) is 3. The zero-order valence-electron chi connectivity index (χ0n) is 22.3. The van der Waals surface area contributed by atoms with Crippen LogP contribution in [0, 0.1) is 0 Å². The Labute approximate surface area is 242 Å². The number of carbonyl (C=O) groups is 3. The first-order valence-electron chi connectivity index (χ1n) is 12.6. The van der Waals surface area contributed by atoms with Crippen LogP contribution in [0.3, 0.4) is 0 Å². The van der Waals surface area contributed by atoms with Crippen LogP contribution in [0.25, 0.3) is 0 Å². The molecule has 2 aliphatic rings. The molecule has 1 unspecified atom stereocenters. The van der Waals surface area contributed by atoms with Gasteiger partial charge >= 0.3 is 5.97 Å². The Morgan fingerprint density at radius 2 is 1.90 bits per heavy atom. The maximum atomic E-state index is 13.1. The molecule has 2 aliphatic heterocycles. The van der Waals surface area contributed by atoms with Crippen molar-refractivity contribution in [1.82, 2.24) is 15.2 Å². The Balaban J connectivity index is 0.00000533. The molecule has 218 valence electrons. The number of thiazole rings is 1. The summed E-state index contributed by atoms with van der Waals surface area (Å²) in [6, 6.07) is -0.854. The molecule has 1 aromatic rings. The van der Waals surface area contributed by atoms with Crippen LogP contribution in [-0.4, -0.2) is 90.2 Å². The first-order valence-corrected chi connectivity index (χ1v) is 14.5. The van der Waals surface area contributed by atoms with Crippen LogP contribution in [0.1, 0.15) is 45.2 Å². The van der Waals surface area contributed by atoms with E-state index < -0.39 is 35.3 Å². The fraction of sp³-hybridized carbons (Fsp3) is 0.625. The number of fused-ring (bicyclic) bond motifs is 1. The first kappa shape index (κ1) is 32.8. The molecular weight excluding hydrogens is 570 g/mol. The van der Waals surface area contributed by atoms with E-state index in [1.54, 1.807) is 11.5 Å². The lowest BCUT2D eigenvalue weighted by molar-refractivity contribution is -0.159. The second-order valence-electron chi connectivity index (χ2n) is 8.55. The van der Waals surface area contributed by atoms with E-state index in [0.29, 0.717) is 19.0 Å². The highest BCUT2D eigenvalue weighted by Gasteiger charge is 2.53. The highest BCUT2D eigenvalue weighted by molar-refractivity contribution is 8.00. The minimum atomic E-state index is -0.854. The molecule has 0 radical (unpaired) electrons. The van der Waals surface area contributed by atoms with Crippen molar-refractivity contribution < 1.29 is 33.4 Å². The van der Waals surface area contributed by atoms with Crippen molar-refractivity contribution in [3.05, 3.63) is 22.8 Å². The van der Waals surface area contributed by atoms with Crippen LogP contribution < -0.4 is 11.1 Å². The van der Waals surface area contributed by atoms with E-state index in [9.17, 15) is 14.4 Å². The Morgan fingerprint density at radius 1 is 1.23 bits per heavy atom. The van der Waals surface area contributed by atoms with Crippen molar-refractivity contribution in [2.45, 2.75) is 57.1 Å². The number of thioether (sulfide) groups is 1. The van der Waals surface area contributed by atoms with Crippen molar-refractivity contribution in [2.75, 3.05) is 45.0 Å². The maximum Gasteiger partial charge on any atom is 0.355 e. The number of hydrogen-bond acceptors (Lipinski definition) is 12. The molecule has 1 aromatic heterocycles. The third kappa shape index (κ3) is 8.80. The molecule has 0 aromatic carbocycles. The molecule has 0 saturated carbocycles. The van der Waals surface area contributed by atoms with E-state index >= 15 is 0 Å². The van der Waals surface area contributed by atoms with Gasteiger partial charge in [0, 0.05) is 24.3 Å². The molecule has 1 fully saturated rings. The molecule has 3 rings (SSSR count). The summed E-state index contributed by atoms with van der Waals surface area (Å²) >= 11 is 2.57. The number of carbonyl (C=O) groups excluding carboxylic acids is 3. The number of nitrogens with two attached hydrogens (primary N) is 1. The third-order valence-corrected chi connectivity index (χ3v) is 7.53. The van der Waals surface area contributed by atoms with Crippen LogP contribution in [0.5, 0.6) is 0 Å². The van der Waals surface area contributed by atoms with Gasteiger partial charge in [0.05, 0.1) is 13.2 Å². The number of nitrogen functional groups attached to an aromatic ring is 1. The van der Waals surface area contributed by atoms with Gasteiger partial charge in [0.1, 0.15) is 36.0 Å². The van der Waals surface area contributed by atoms with E-state index in [1.165, 1.54) is 23.8 Å². The lowest BCUT2D eigenvalue weighted by Gasteiger charge is -2.48. The highest BCUT2D eigenvalue weighted by atomic mass is 35.5. The molecule has 1 saturated heterocycles. The van der Waals surface area contributed by atoms with Crippen LogP contribution in [-0.2, 0) is 33.4 Å². The quantitative estimate of drug-likeness (QED) is 0.0943. The molecule has 12 nitrogen and oxygen atoms in total.